The molecule has 0 radical (unpaired) electrons. The van der Waals surface area contributed by atoms with Crippen LogP contribution in [0.15, 0.2) is 18.2 Å². The van der Waals surface area contributed by atoms with E-state index in [0.29, 0.717) is 4.34 Å². The molecular weight excluding hydrogens is 301 g/mol. The molecule has 2 rings (SSSR count). The van der Waals surface area contributed by atoms with Crippen LogP contribution >= 0.6 is 34.5 Å². The van der Waals surface area contributed by atoms with E-state index in [1.807, 2.05) is 0 Å². The lowest BCUT2D eigenvalue weighted by Gasteiger charge is -2.04. The quantitative estimate of drug-likeness (QED) is 0.723. The number of carbonyl (C=O) groups is 1. The van der Waals surface area contributed by atoms with Crippen molar-refractivity contribution in [2.75, 3.05) is 0 Å². The number of carbonyl (C=O) groups excluding carboxylic acids is 1. The molecule has 2 aromatic rings. The molecule has 0 aliphatic rings. The van der Waals surface area contributed by atoms with Gasteiger partial charge in [-0.05, 0) is 30.7 Å². The second-order valence-corrected chi connectivity index (χ2v) is 5.93. The molecule has 1 nitrogen and oxygen atoms in total. The van der Waals surface area contributed by atoms with Crippen molar-refractivity contribution in [3.8, 4) is 0 Å². The molecule has 0 amide bonds. The Morgan fingerprint density at radius 3 is 2.33 bits per heavy atom. The first-order valence-corrected chi connectivity index (χ1v) is 6.42. The van der Waals surface area contributed by atoms with Crippen LogP contribution in [0.3, 0.4) is 0 Å². The van der Waals surface area contributed by atoms with Gasteiger partial charge in [0.05, 0.1) is 15.5 Å². The first kappa shape index (κ1) is 13.5. The molecule has 1 aromatic carbocycles. The minimum absolute atomic E-state index is 0.0776. The summed E-state index contributed by atoms with van der Waals surface area (Å²) in [6.07, 6.45) is 0. The molecular formula is C12H6Cl2F2OS. The molecule has 0 spiro atoms. The van der Waals surface area contributed by atoms with Crippen LogP contribution in [-0.2, 0) is 0 Å². The van der Waals surface area contributed by atoms with E-state index < -0.39 is 17.4 Å². The molecule has 1 heterocycles. The molecule has 94 valence electrons. The predicted octanol–water partition coefficient (Wildman–Crippen LogP) is 4.87. The zero-order valence-electron chi connectivity index (χ0n) is 9.06. The van der Waals surface area contributed by atoms with Crippen LogP contribution in [0.5, 0.6) is 0 Å². The van der Waals surface area contributed by atoms with Gasteiger partial charge in [0.15, 0.2) is 5.78 Å². The Bertz CT molecular complexity index is 637. The second kappa shape index (κ2) is 4.96. The van der Waals surface area contributed by atoms with Gasteiger partial charge in [-0.3, -0.25) is 4.79 Å². The van der Waals surface area contributed by atoms with Crippen molar-refractivity contribution in [1.29, 1.82) is 0 Å². The highest BCUT2D eigenvalue weighted by Crippen LogP contribution is 2.33. The second-order valence-electron chi connectivity index (χ2n) is 3.65. The van der Waals surface area contributed by atoms with Gasteiger partial charge in [-0.2, -0.15) is 0 Å². The van der Waals surface area contributed by atoms with Gasteiger partial charge in [0.25, 0.3) is 0 Å². The molecule has 18 heavy (non-hydrogen) atoms. The van der Waals surface area contributed by atoms with Crippen molar-refractivity contribution in [3.05, 3.63) is 55.2 Å². The van der Waals surface area contributed by atoms with Crippen LogP contribution in [-0.4, -0.2) is 5.78 Å². The molecule has 0 saturated carbocycles. The number of rotatable bonds is 2. The Labute approximate surface area is 116 Å². The highest BCUT2D eigenvalue weighted by Gasteiger charge is 2.20. The summed E-state index contributed by atoms with van der Waals surface area (Å²) in [7, 11) is 0. The minimum atomic E-state index is -0.780. The summed E-state index contributed by atoms with van der Waals surface area (Å²) >= 11 is 12.5. The fourth-order valence-electron chi connectivity index (χ4n) is 1.46. The van der Waals surface area contributed by atoms with Crippen LogP contribution in [0.25, 0.3) is 0 Å². The zero-order valence-corrected chi connectivity index (χ0v) is 11.4. The highest BCUT2D eigenvalue weighted by atomic mass is 35.5. The third kappa shape index (κ3) is 2.41. The number of hydrogen-bond acceptors (Lipinski definition) is 2. The Morgan fingerprint density at radius 2 is 1.78 bits per heavy atom. The largest absolute Gasteiger partial charge is 0.288 e. The summed E-state index contributed by atoms with van der Waals surface area (Å²) in [5.74, 6) is -2.10. The van der Waals surface area contributed by atoms with Crippen LogP contribution in [0.4, 0.5) is 8.78 Å². The van der Waals surface area contributed by atoms with Crippen molar-refractivity contribution in [2.45, 2.75) is 6.92 Å². The first-order valence-electron chi connectivity index (χ1n) is 4.85. The van der Waals surface area contributed by atoms with E-state index in [1.54, 1.807) is 0 Å². The van der Waals surface area contributed by atoms with Crippen molar-refractivity contribution in [3.63, 3.8) is 0 Å². The maximum absolute atomic E-state index is 13.6. The maximum Gasteiger partial charge on any atom is 0.198 e. The minimum Gasteiger partial charge on any atom is -0.288 e. The van der Waals surface area contributed by atoms with E-state index in [-0.39, 0.29) is 21.0 Å². The molecule has 0 bridgehead atoms. The lowest BCUT2D eigenvalue weighted by atomic mass is 10.0. The SMILES string of the molecule is Cc1cc(F)c(C(=O)c2cc(Cl)sc2Cl)cc1F. The average molecular weight is 307 g/mol. The van der Waals surface area contributed by atoms with Crippen LogP contribution in [0.2, 0.25) is 8.67 Å². The smallest absolute Gasteiger partial charge is 0.198 e. The van der Waals surface area contributed by atoms with Gasteiger partial charge in [0.2, 0.25) is 0 Å². The molecule has 0 unspecified atom stereocenters. The van der Waals surface area contributed by atoms with E-state index in [9.17, 15) is 13.6 Å². The van der Waals surface area contributed by atoms with Gasteiger partial charge < -0.3 is 0 Å². The third-order valence-corrected chi connectivity index (χ3v) is 3.88. The fraction of sp³-hybridized carbons (Fsp3) is 0.0833. The Morgan fingerprint density at radius 1 is 1.11 bits per heavy atom. The Hall–Kier alpha value is -0.970. The summed E-state index contributed by atoms with van der Waals surface area (Å²) in [5, 5.41) is 0. The first-order chi connectivity index (χ1) is 8.40. The normalized spacial score (nSPS) is 10.7. The predicted molar refractivity (Wildman–Crippen MR) is 68.9 cm³/mol. The maximum atomic E-state index is 13.6. The summed E-state index contributed by atoms with van der Waals surface area (Å²) in [6, 6.07) is 3.19. The number of halogens is 4. The standard InChI is InChI=1S/C12H6Cl2F2OS/c1-5-2-9(16)6(3-8(5)15)11(17)7-4-10(13)18-12(7)14/h2-4H,1H3. The lowest BCUT2D eigenvalue weighted by Crippen LogP contribution is -2.05. The molecule has 0 aliphatic heterocycles. The van der Waals surface area contributed by atoms with Crippen molar-refractivity contribution < 1.29 is 13.6 Å². The van der Waals surface area contributed by atoms with Gasteiger partial charge in [-0.1, -0.05) is 23.2 Å². The molecule has 0 N–H and O–H groups in total. The number of benzene rings is 1. The monoisotopic (exact) mass is 306 g/mol. The molecule has 6 heteroatoms. The molecule has 0 fully saturated rings. The van der Waals surface area contributed by atoms with Crippen LogP contribution in [0, 0.1) is 18.6 Å². The molecule has 0 aliphatic carbocycles. The number of hydrogen-bond donors (Lipinski definition) is 0. The molecule has 0 atom stereocenters. The van der Waals surface area contributed by atoms with Crippen molar-refractivity contribution >= 4 is 40.3 Å². The van der Waals surface area contributed by atoms with E-state index in [2.05, 4.69) is 0 Å². The topological polar surface area (TPSA) is 17.1 Å². The average Bonchev–Trinajstić information content (AvgIpc) is 2.62. The van der Waals surface area contributed by atoms with E-state index in [1.165, 1.54) is 13.0 Å². The van der Waals surface area contributed by atoms with E-state index in [4.69, 9.17) is 23.2 Å². The Balaban J connectivity index is 2.53. The van der Waals surface area contributed by atoms with Crippen LogP contribution in [0.1, 0.15) is 21.5 Å². The van der Waals surface area contributed by atoms with Gasteiger partial charge in [0, 0.05) is 0 Å². The number of ketones is 1. The van der Waals surface area contributed by atoms with Gasteiger partial charge >= 0.3 is 0 Å². The summed E-state index contributed by atoms with van der Waals surface area (Å²) in [5.41, 5.74) is -0.137. The van der Waals surface area contributed by atoms with Crippen LogP contribution < -0.4 is 0 Å². The third-order valence-electron chi connectivity index (χ3n) is 2.39. The molecule has 1 aromatic heterocycles. The van der Waals surface area contributed by atoms with Gasteiger partial charge in [0.1, 0.15) is 16.0 Å². The van der Waals surface area contributed by atoms with Gasteiger partial charge in [-0.25, -0.2) is 8.78 Å². The van der Waals surface area contributed by atoms with Crippen molar-refractivity contribution in [1.82, 2.24) is 0 Å². The van der Waals surface area contributed by atoms with E-state index >= 15 is 0 Å². The zero-order chi connectivity index (χ0) is 13.4. The summed E-state index contributed by atoms with van der Waals surface area (Å²) in [6.45, 7) is 1.42. The number of thiophene rings is 1. The number of aryl methyl sites for hydroxylation is 1. The summed E-state index contributed by atoms with van der Waals surface area (Å²) < 4.78 is 27.5. The molecule has 0 saturated heterocycles. The van der Waals surface area contributed by atoms with Crippen molar-refractivity contribution in [2.24, 2.45) is 0 Å². The van der Waals surface area contributed by atoms with Gasteiger partial charge in [-0.15, -0.1) is 11.3 Å². The lowest BCUT2D eigenvalue weighted by molar-refractivity contribution is 0.103. The highest BCUT2D eigenvalue weighted by molar-refractivity contribution is 7.20. The fourth-order valence-corrected chi connectivity index (χ4v) is 2.92. The van der Waals surface area contributed by atoms with E-state index in [0.717, 1.165) is 23.5 Å². The summed E-state index contributed by atoms with van der Waals surface area (Å²) in [4.78, 5) is 12.0. The Kier molecular flexibility index (Phi) is 3.71.